The number of hydrogen-bond donors (Lipinski definition) is 2. The molecule has 10 heteroatoms. The van der Waals surface area contributed by atoms with E-state index >= 15 is 0 Å². The molecule has 0 saturated carbocycles. The van der Waals surface area contributed by atoms with E-state index in [1.807, 2.05) is 44.2 Å². The number of piperidine rings is 1. The molecular formula is C23H30N6O3S. The van der Waals surface area contributed by atoms with Gasteiger partial charge in [-0.25, -0.2) is 13.4 Å². The van der Waals surface area contributed by atoms with E-state index < -0.39 is 15.4 Å². The summed E-state index contributed by atoms with van der Waals surface area (Å²) in [5.41, 5.74) is 1.66. The summed E-state index contributed by atoms with van der Waals surface area (Å²) in [5.74, 6) is -0.0448. The number of imidazole rings is 1. The largest absolute Gasteiger partial charge is 0.350 e. The van der Waals surface area contributed by atoms with Crippen LogP contribution in [0.25, 0.3) is 0 Å². The lowest BCUT2D eigenvalue weighted by Crippen LogP contribution is -2.53. The molecule has 1 atom stereocenters. The molecule has 1 aliphatic rings. The number of H-pyrrole nitrogens is 1. The van der Waals surface area contributed by atoms with Crippen molar-refractivity contribution in [2.75, 3.05) is 19.6 Å². The van der Waals surface area contributed by atoms with Gasteiger partial charge in [-0.15, -0.1) is 0 Å². The average Bonchev–Trinajstić information content (AvgIpc) is 3.48. The van der Waals surface area contributed by atoms with Gasteiger partial charge in [0.15, 0.2) is 5.03 Å². The Balaban J connectivity index is 1.60. The standard InChI is InChI=1S/C23H30N6O3S/c1-17(2)19-12-20(27-26-19)22(30)24-14-23(18-8-5-4-6-9-18)10-7-11-29(15-23)33(31,32)21-13-28(3)16-25-21/h4-6,8-9,12-13,16-17H,7,10-11,14-15H2,1-3H3,(H,24,30)(H,26,27). The van der Waals surface area contributed by atoms with E-state index in [4.69, 9.17) is 0 Å². The molecule has 2 N–H and O–H groups in total. The van der Waals surface area contributed by atoms with Crippen LogP contribution in [0.2, 0.25) is 0 Å². The topological polar surface area (TPSA) is 113 Å². The second-order valence-electron chi connectivity index (χ2n) is 9.01. The SMILES string of the molecule is CC(C)c1cc(C(=O)NCC2(c3ccccc3)CCCN(S(=O)(=O)c3cn(C)cn3)C2)[nH]n1. The first kappa shape index (κ1) is 23.2. The van der Waals surface area contributed by atoms with Crippen molar-refractivity contribution < 1.29 is 13.2 Å². The van der Waals surface area contributed by atoms with Crippen LogP contribution in [0.1, 0.15) is 54.4 Å². The van der Waals surface area contributed by atoms with Crippen molar-refractivity contribution in [3.8, 4) is 0 Å². The molecule has 0 bridgehead atoms. The zero-order valence-corrected chi connectivity index (χ0v) is 20.0. The molecule has 0 aliphatic carbocycles. The van der Waals surface area contributed by atoms with Gasteiger partial charge in [-0.05, 0) is 30.4 Å². The third-order valence-electron chi connectivity index (χ3n) is 6.23. The van der Waals surface area contributed by atoms with Crippen molar-refractivity contribution in [3.63, 3.8) is 0 Å². The van der Waals surface area contributed by atoms with Crippen LogP contribution in [0.4, 0.5) is 0 Å². The van der Waals surface area contributed by atoms with E-state index in [9.17, 15) is 13.2 Å². The molecule has 1 amide bonds. The Morgan fingerprint density at radius 3 is 2.67 bits per heavy atom. The quantitative estimate of drug-likeness (QED) is 0.551. The fourth-order valence-electron chi connectivity index (χ4n) is 4.32. The molecule has 2 aromatic heterocycles. The summed E-state index contributed by atoms with van der Waals surface area (Å²) in [4.78, 5) is 16.9. The highest BCUT2D eigenvalue weighted by molar-refractivity contribution is 7.89. The molecular weight excluding hydrogens is 440 g/mol. The minimum absolute atomic E-state index is 0.0385. The van der Waals surface area contributed by atoms with Crippen molar-refractivity contribution in [1.82, 2.24) is 29.4 Å². The highest BCUT2D eigenvalue weighted by atomic mass is 32.2. The van der Waals surface area contributed by atoms with Gasteiger partial charge < -0.3 is 9.88 Å². The normalized spacial score (nSPS) is 19.6. The lowest BCUT2D eigenvalue weighted by Gasteiger charge is -2.42. The highest BCUT2D eigenvalue weighted by Crippen LogP contribution is 2.36. The zero-order valence-electron chi connectivity index (χ0n) is 19.2. The van der Waals surface area contributed by atoms with E-state index in [-0.39, 0.29) is 23.4 Å². The summed E-state index contributed by atoms with van der Waals surface area (Å²) in [5, 5.41) is 10.1. The number of nitrogens with zero attached hydrogens (tertiary/aromatic N) is 4. The maximum Gasteiger partial charge on any atom is 0.269 e. The van der Waals surface area contributed by atoms with E-state index in [1.165, 1.54) is 16.8 Å². The molecule has 0 spiro atoms. The Morgan fingerprint density at radius 1 is 1.27 bits per heavy atom. The molecule has 1 saturated heterocycles. The van der Waals surface area contributed by atoms with Crippen molar-refractivity contribution in [2.24, 2.45) is 7.05 Å². The minimum Gasteiger partial charge on any atom is -0.350 e. The summed E-state index contributed by atoms with van der Waals surface area (Å²) in [6.07, 6.45) is 4.43. The molecule has 3 heterocycles. The van der Waals surface area contributed by atoms with Gasteiger partial charge in [0.25, 0.3) is 15.9 Å². The van der Waals surface area contributed by atoms with E-state index in [0.717, 1.165) is 17.7 Å². The zero-order chi connectivity index (χ0) is 23.6. The van der Waals surface area contributed by atoms with Crippen molar-refractivity contribution in [3.05, 3.63) is 65.9 Å². The average molecular weight is 471 g/mol. The number of aryl methyl sites for hydroxylation is 1. The maximum atomic E-state index is 13.3. The predicted molar refractivity (Wildman–Crippen MR) is 124 cm³/mol. The number of nitrogens with one attached hydrogen (secondary N) is 2. The van der Waals surface area contributed by atoms with Gasteiger partial charge in [0, 0.05) is 38.3 Å². The van der Waals surface area contributed by atoms with Crippen molar-refractivity contribution in [1.29, 1.82) is 0 Å². The van der Waals surface area contributed by atoms with Crippen LogP contribution in [0, 0.1) is 0 Å². The van der Waals surface area contributed by atoms with Crippen molar-refractivity contribution >= 4 is 15.9 Å². The number of hydrogen-bond acceptors (Lipinski definition) is 5. The van der Waals surface area contributed by atoms with Crippen LogP contribution in [0.15, 0.2) is 53.9 Å². The number of amides is 1. The van der Waals surface area contributed by atoms with Gasteiger partial charge in [0.1, 0.15) is 5.69 Å². The van der Waals surface area contributed by atoms with Gasteiger partial charge in [0.05, 0.1) is 12.0 Å². The van der Waals surface area contributed by atoms with Crippen LogP contribution >= 0.6 is 0 Å². The number of benzene rings is 1. The number of sulfonamides is 1. The molecule has 1 fully saturated rings. The molecule has 33 heavy (non-hydrogen) atoms. The maximum absolute atomic E-state index is 13.3. The predicted octanol–water partition coefficient (Wildman–Crippen LogP) is 2.42. The first-order valence-corrected chi connectivity index (χ1v) is 12.5. The molecule has 1 aliphatic heterocycles. The monoisotopic (exact) mass is 470 g/mol. The van der Waals surface area contributed by atoms with Crippen LogP contribution in [-0.2, 0) is 22.5 Å². The lowest BCUT2D eigenvalue weighted by molar-refractivity contribution is 0.0927. The van der Waals surface area contributed by atoms with E-state index in [1.54, 1.807) is 17.7 Å². The molecule has 0 radical (unpaired) electrons. The Kier molecular flexibility index (Phi) is 6.40. The molecule has 9 nitrogen and oxygen atoms in total. The van der Waals surface area contributed by atoms with E-state index in [2.05, 4.69) is 20.5 Å². The van der Waals surface area contributed by atoms with Gasteiger partial charge in [-0.2, -0.15) is 9.40 Å². The first-order valence-electron chi connectivity index (χ1n) is 11.1. The number of carbonyl (C=O) groups is 1. The molecule has 4 rings (SSSR count). The highest BCUT2D eigenvalue weighted by Gasteiger charge is 2.42. The Hall–Kier alpha value is -2.98. The fraction of sp³-hybridized carbons (Fsp3) is 0.435. The summed E-state index contributed by atoms with van der Waals surface area (Å²) in [6, 6.07) is 11.6. The van der Waals surface area contributed by atoms with Gasteiger partial charge in [-0.3, -0.25) is 9.89 Å². The molecule has 176 valence electrons. The summed E-state index contributed by atoms with van der Waals surface area (Å²) < 4.78 is 29.7. The van der Waals surface area contributed by atoms with Crippen LogP contribution in [0.5, 0.6) is 0 Å². The minimum atomic E-state index is -3.74. The lowest BCUT2D eigenvalue weighted by atomic mass is 9.74. The number of rotatable bonds is 7. The molecule has 1 unspecified atom stereocenters. The second-order valence-corrected chi connectivity index (χ2v) is 10.9. The summed E-state index contributed by atoms with van der Waals surface area (Å²) in [7, 11) is -2.00. The number of aromatic amines is 1. The van der Waals surface area contributed by atoms with Crippen LogP contribution in [-0.4, -0.2) is 58.0 Å². The first-order chi connectivity index (χ1) is 15.7. The van der Waals surface area contributed by atoms with Gasteiger partial charge in [0.2, 0.25) is 0 Å². The van der Waals surface area contributed by atoms with Gasteiger partial charge in [-0.1, -0.05) is 44.2 Å². The van der Waals surface area contributed by atoms with Crippen LogP contribution in [0.3, 0.4) is 0 Å². The summed E-state index contributed by atoms with van der Waals surface area (Å²) in [6.45, 7) is 5.01. The molecule has 3 aromatic rings. The van der Waals surface area contributed by atoms with Crippen molar-refractivity contribution in [2.45, 2.75) is 43.0 Å². The Morgan fingerprint density at radius 2 is 2.03 bits per heavy atom. The number of carbonyl (C=O) groups excluding carboxylic acids is 1. The second kappa shape index (κ2) is 9.11. The Bertz CT molecular complexity index is 1220. The Labute approximate surface area is 194 Å². The smallest absolute Gasteiger partial charge is 0.269 e. The van der Waals surface area contributed by atoms with E-state index in [0.29, 0.717) is 25.2 Å². The summed E-state index contributed by atoms with van der Waals surface area (Å²) >= 11 is 0. The fourth-order valence-corrected chi connectivity index (χ4v) is 5.85. The van der Waals surface area contributed by atoms with Gasteiger partial charge >= 0.3 is 0 Å². The third-order valence-corrected chi connectivity index (χ3v) is 7.97. The third kappa shape index (κ3) is 4.72. The molecule has 1 aromatic carbocycles. The number of aromatic nitrogens is 4. The van der Waals surface area contributed by atoms with Crippen LogP contribution < -0.4 is 5.32 Å².